The van der Waals surface area contributed by atoms with Crippen LogP contribution < -0.4 is 0 Å². The molecule has 4 aromatic carbocycles. The third kappa shape index (κ3) is 2.79. The van der Waals surface area contributed by atoms with E-state index in [1.165, 1.54) is 0 Å². The summed E-state index contributed by atoms with van der Waals surface area (Å²) in [6, 6.07) is 21.3. The molecule has 0 radical (unpaired) electrons. The first-order valence-corrected chi connectivity index (χ1v) is 8.43. The van der Waals surface area contributed by atoms with E-state index < -0.39 is 0 Å². The Hall–Kier alpha value is -4.31. The van der Waals surface area contributed by atoms with Gasteiger partial charge in [-0.3, -0.25) is 4.79 Å². The molecule has 7 nitrogen and oxygen atoms in total. The molecule has 0 heterocycles. The van der Waals surface area contributed by atoms with Gasteiger partial charge in [-0.15, -0.1) is 0 Å². The van der Waals surface area contributed by atoms with Gasteiger partial charge in [-0.05, 0) is 44.7 Å². The molecule has 0 fully saturated rings. The maximum Gasteiger partial charge on any atom is 0.194 e. The third-order valence-corrected chi connectivity index (χ3v) is 4.60. The molecule has 0 aliphatic heterocycles. The van der Waals surface area contributed by atoms with E-state index in [0.717, 1.165) is 0 Å². The fourth-order valence-corrected chi connectivity index (χ4v) is 3.38. The molecular formula is C21H12N6O. The highest BCUT2D eigenvalue weighted by molar-refractivity contribution is 6.23. The summed E-state index contributed by atoms with van der Waals surface area (Å²) in [4.78, 5) is 19.1. The smallest absolute Gasteiger partial charge is 0.194 e. The molecule has 0 aliphatic carbocycles. The Morgan fingerprint density at radius 1 is 0.607 bits per heavy atom. The highest BCUT2D eigenvalue weighted by atomic mass is 16.1. The lowest BCUT2D eigenvalue weighted by Crippen LogP contribution is -2.03. The van der Waals surface area contributed by atoms with Crippen molar-refractivity contribution in [2.75, 3.05) is 0 Å². The zero-order chi connectivity index (χ0) is 19.5. The molecule has 132 valence electrons. The molecule has 0 N–H and O–H groups in total. The normalized spacial score (nSPS) is 10.3. The molecule has 0 spiro atoms. The van der Waals surface area contributed by atoms with Crippen LogP contribution in [0.25, 0.3) is 42.4 Å². The summed E-state index contributed by atoms with van der Waals surface area (Å²) in [7, 11) is 0. The Morgan fingerprint density at radius 3 is 1.39 bits per heavy atom. The number of carbonyl (C=O) groups is 1. The summed E-state index contributed by atoms with van der Waals surface area (Å²) in [5, 5.41) is 10.3. The monoisotopic (exact) mass is 364 g/mol. The number of ketones is 1. The van der Waals surface area contributed by atoms with E-state index in [9.17, 15) is 4.79 Å². The fourth-order valence-electron chi connectivity index (χ4n) is 3.38. The summed E-state index contributed by atoms with van der Waals surface area (Å²) < 4.78 is 0. The Kier molecular flexibility index (Phi) is 4.36. The van der Waals surface area contributed by atoms with Gasteiger partial charge in [-0.1, -0.05) is 70.9 Å². The van der Waals surface area contributed by atoms with Crippen LogP contribution in [0.15, 0.2) is 83.0 Å². The van der Waals surface area contributed by atoms with Crippen molar-refractivity contribution >= 4 is 38.7 Å². The molecule has 0 aromatic heterocycles. The van der Waals surface area contributed by atoms with Crippen LogP contribution in [0.5, 0.6) is 0 Å². The minimum Gasteiger partial charge on any atom is -0.289 e. The van der Waals surface area contributed by atoms with Crippen molar-refractivity contribution in [1.82, 2.24) is 0 Å². The maximum absolute atomic E-state index is 13.4. The lowest BCUT2D eigenvalue weighted by atomic mass is 9.93. The molecule has 0 saturated heterocycles. The quantitative estimate of drug-likeness (QED) is 0.163. The Bertz CT molecular complexity index is 1240. The fraction of sp³-hybridized carbons (Fsp3) is 0. The van der Waals surface area contributed by atoms with Gasteiger partial charge in [0.1, 0.15) is 0 Å². The summed E-state index contributed by atoms with van der Waals surface area (Å²) in [6.07, 6.45) is 0. The molecule has 4 aromatic rings. The second-order valence-corrected chi connectivity index (χ2v) is 6.06. The second kappa shape index (κ2) is 7.13. The van der Waals surface area contributed by atoms with Crippen LogP contribution in [0.3, 0.4) is 0 Å². The zero-order valence-electron chi connectivity index (χ0n) is 14.5. The topological polar surface area (TPSA) is 115 Å². The predicted octanol–water partition coefficient (Wildman–Crippen LogP) is 7.11. The van der Waals surface area contributed by atoms with Crippen molar-refractivity contribution in [2.24, 2.45) is 10.2 Å². The highest BCUT2D eigenvalue weighted by Gasteiger charge is 2.17. The van der Waals surface area contributed by atoms with Gasteiger partial charge in [-0.25, -0.2) is 0 Å². The van der Waals surface area contributed by atoms with Crippen LogP contribution in [0, 0.1) is 0 Å². The van der Waals surface area contributed by atoms with Crippen LogP contribution in [-0.2, 0) is 0 Å². The van der Waals surface area contributed by atoms with Crippen molar-refractivity contribution in [3.63, 3.8) is 0 Å². The molecule has 0 amide bonds. The Labute approximate surface area is 159 Å². The minimum absolute atomic E-state index is 0.160. The molecule has 0 saturated carbocycles. The first-order chi connectivity index (χ1) is 13.7. The molecular weight excluding hydrogens is 352 g/mol. The number of nitrogens with zero attached hydrogens (tertiary/aromatic N) is 6. The molecule has 7 heteroatoms. The molecule has 28 heavy (non-hydrogen) atoms. The molecule has 0 unspecified atom stereocenters. The van der Waals surface area contributed by atoms with Crippen molar-refractivity contribution in [2.45, 2.75) is 0 Å². The molecule has 0 atom stereocenters. The summed E-state index contributed by atoms with van der Waals surface area (Å²) >= 11 is 0. The van der Waals surface area contributed by atoms with Gasteiger partial charge in [0.05, 0.1) is 0 Å². The van der Waals surface area contributed by atoms with E-state index in [4.69, 9.17) is 11.1 Å². The standard InChI is InChI=1S/C21H12N6O/c22-26-24-19-11-9-17(13-5-1-3-7-15(13)19)21(28)18-10-12-20(25-27-23)16-8-4-2-6-14(16)18/h1-12H. The third-order valence-electron chi connectivity index (χ3n) is 4.60. The van der Waals surface area contributed by atoms with Gasteiger partial charge in [0, 0.05) is 32.3 Å². The molecule has 0 aliphatic rings. The average Bonchev–Trinajstić information content (AvgIpc) is 2.74. The number of azide groups is 2. The summed E-state index contributed by atoms with van der Waals surface area (Å²) in [5.74, 6) is -0.160. The van der Waals surface area contributed by atoms with Gasteiger partial charge in [-0.2, -0.15) is 0 Å². The number of rotatable bonds is 4. The van der Waals surface area contributed by atoms with Crippen LogP contribution >= 0.6 is 0 Å². The second-order valence-electron chi connectivity index (χ2n) is 6.06. The number of hydrogen-bond acceptors (Lipinski definition) is 3. The van der Waals surface area contributed by atoms with Gasteiger partial charge in [0.25, 0.3) is 0 Å². The predicted molar refractivity (Wildman–Crippen MR) is 109 cm³/mol. The van der Waals surface area contributed by atoms with Crippen LogP contribution in [0.2, 0.25) is 0 Å². The number of fused-ring (bicyclic) bond motifs is 2. The average molecular weight is 364 g/mol. The van der Waals surface area contributed by atoms with Crippen LogP contribution in [0.4, 0.5) is 11.4 Å². The first kappa shape index (κ1) is 17.1. The minimum atomic E-state index is -0.160. The van der Waals surface area contributed by atoms with E-state index in [0.29, 0.717) is 44.0 Å². The van der Waals surface area contributed by atoms with Gasteiger partial charge >= 0.3 is 0 Å². The lowest BCUT2D eigenvalue weighted by Gasteiger charge is -2.11. The number of benzene rings is 4. The highest BCUT2D eigenvalue weighted by Crippen LogP contribution is 2.34. The number of carbonyl (C=O) groups excluding carboxylic acids is 1. The molecule has 4 rings (SSSR count). The molecule has 0 bridgehead atoms. The van der Waals surface area contributed by atoms with Gasteiger partial charge in [0.2, 0.25) is 0 Å². The van der Waals surface area contributed by atoms with Crippen molar-refractivity contribution in [3.05, 3.63) is 105 Å². The Morgan fingerprint density at radius 2 is 1.00 bits per heavy atom. The van der Waals surface area contributed by atoms with Crippen LogP contribution in [-0.4, -0.2) is 5.78 Å². The number of hydrogen-bond donors (Lipinski definition) is 0. The Balaban J connectivity index is 1.97. The summed E-state index contributed by atoms with van der Waals surface area (Å²) in [6.45, 7) is 0. The van der Waals surface area contributed by atoms with Gasteiger partial charge in [0.15, 0.2) is 5.78 Å². The van der Waals surface area contributed by atoms with E-state index in [-0.39, 0.29) is 5.78 Å². The maximum atomic E-state index is 13.4. The van der Waals surface area contributed by atoms with Gasteiger partial charge < -0.3 is 0 Å². The zero-order valence-corrected chi connectivity index (χ0v) is 14.5. The van der Waals surface area contributed by atoms with E-state index in [2.05, 4.69) is 20.1 Å². The van der Waals surface area contributed by atoms with Crippen molar-refractivity contribution in [1.29, 1.82) is 0 Å². The van der Waals surface area contributed by atoms with Crippen molar-refractivity contribution in [3.8, 4) is 0 Å². The van der Waals surface area contributed by atoms with E-state index >= 15 is 0 Å². The summed E-state index contributed by atoms with van der Waals surface area (Å²) in [5.41, 5.74) is 19.5. The largest absolute Gasteiger partial charge is 0.289 e. The van der Waals surface area contributed by atoms with Crippen molar-refractivity contribution < 1.29 is 4.79 Å². The van der Waals surface area contributed by atoms with E-state index in [1.54, 1.807) is 24.3 Å². The SMILES string of the molecule is [N-]=[N+]=Nc1ccc(C(=O)c2ccc(N=[N+]=[N-])c3ccccc23)c2ccccc12. The first-order valence-electron chi connectivity index (χ1n) is 8.43. The van der Waals surface area contributed by atoms with Crippen LogP contribution in [0.1, 0.15) is 15.9 Å². The van der Waals surface area contributed by atoms with E-state index in [1.807, 2.05) is 48.5 Å². The lowest BCUT2D eigenvalue weighted by molar-refractivity contribution is 0.104.